The fourth-order valence-corrected chi connectivity index (χ4v) is 2.57. The predicted octanol–water partition coefficient (Wildman–Crippen LogP) is 3.64. The van der Waals surface area contributed by atoms with Gasteiger partial charge in [-0.3, -0.25) is 9.98 Å². The van der Waals surface area contributed by atoms with Gasteiger partial charge in [0.2, 0.25) is 0 Å². The summed E-state index contributed by atoms with van der Waals surface area (Å²) in [6, 6.07) is 16.5. The quantitative estimate of drug-likeness (QED) is 0.293. The number of hydrogen-bond donors (Lipinski definition) is 0. The number of nitrogens with zero attached hydrogens (tertiary/aromatic N) is 6. The van der Waals surface area contributed by atoms with Gasteiger partial charge in [0.25, 0.3) is 0 Å². The molecular formula is C19H12N6Pt. The molecule has 2 aromatic carbocycles. The van der Waals surface area contributed by atoms with Crippen LogP contribution in [0.1, 0.15) is 11.6 Å². The molecule has 2 aliphatic rings. The molecule has 0 fully saturated rings. The summed E-state index contributed by atoms with van der Waals surface area (Å²) in [6.45, 7) is 0. The Kier molecular flexibility index (Phi) is 4.96. The first-order chi connectivity index (χ1) is 11.8. The van der Waals surface area contributed by atoms with Crippen LogP contribution in [0, 0.1) is 13.5 Å². The Bertz CT molecular complexity index is 1080. The van der Waals surface area contributed by atoms with Crippen molar-refractivity contribution in [3.63, 3.8) is 0 Å². The normalized spacial score (nSPS) is 11.7. The van der Waals surface area contributed by atoms with Crippen LogP contribution in [0.3, 0.4) is 0 Å². The maximum absolute atomic E-state index is 4.53. The van der Waals surface area contributed by atoms with E-state index in [9.17, 15) is 0 Å². The summed E-state index contributed by atoms with van der Waals surface area (Å²) >= 11 is 0. The van der Waals surface area contributed by atoms with Crippen molar-refractivity contribution in [2.75, 3.05) is 0 Å². The van der Waals surface area contributed by atoms with Gasteiger partial charge in [0.1, 0.15) is 0 Å². The molecule has 7 heteroatoms. The molecule has 6 nitrogen and oxygen atoms in total. The van der Waals surface area contributed by atoms with Gasteiger partial charge in [-0.25, -0.2) is 19.9 Å². The molecule has 0 saturated carbocycles. The molecule has 0 N–H and O–H groups in total. The van der Waals surface area contributed by atoms with E-state index >= 15 is 0 Å². The van der Waals surface area contributed by atoms with E-state index in [1.165, 1.54) is 0 Å². The minimum absolute atomic E-state index is 0. The van der Waals surface area contributed by atoms with Crippen LogP contribution in [0.25, 0.3) is 21.8 Å². The summed E-state index contributed by atoms with van der Waals surface area (Å²) in [5, 5.41) is 1.65. The number of hydrogen-bond acceptors (Lipinski definition) is 6. The summed E-state index contributed by atoms with van der Waals surface area (Å²) in [4.78, 5) is 26.6. The Morgan fingerprint density at radius 1 is 0.731 bits per heavy atom. The molecule has 0 unspecified atom stereocenters. The number of fused-ring (bicyclic) bond motifs is 10. The average molecular weight is 519 g/mol. The predicted molar refractivity (Wildman–Crippen MR) is 98.8 cm³/mol. The topological polar surface area (TPSA) is 76.3 Å². The van der Waals surface area contributed by atoms with Gasteiger partial charge in [-0.2, -0.15) is 0 Å². The van der Waals surface area contributed by atoms with Crippen molar-refractivity contribution in [2.45, 2.75) is 0 Å². The second-order valence-electron chi connectivity index (χ2n) is 5.33. The smallest absolute Gasteiger partial charge is 0.358 e. The van der Waals surface area contributed by atoms with Gasteiger partial charge in [0.15, 0.2) is 17.5 Å². The van der Waals surface area contributed by atoms with Crippen LogP contribution in [-0.2, 0) is 21.1 Å². The van der Waals surface area contributed by atoms with Crippen molar-refractivity contribution in [1.82, 2.24) is 19.9 Å². The monoisotopic (exact) mass is 519 g/mol. The molecule has 0 atom stereocenters. The molecule has 3 aromatic rings. The maximum Gasteiger partial charge on any atom is 2.00 e. The minimum atomic E-state index is 0. The van der Waals surface area contributed by atoms with Crippen LogP contribution >= 0.6 is 0 Å². The average Bonchev–Trinajstić information content (AvgIpc) is 3.24. The zero-order valence-electron chi connectivity index (χ0n) is 13.7. The molecule has 0 aliphatic carbocycles. The van der Waals surface area contributed by atoms with E-state index in [1.807, 2.05) is 42.5 Å². The summed E-state index contributed by atoms with van der Waals surface area (Å²) in [5.41, 5.74) is 1.44. The molecule has 0 radical (unpaired) electrons. The molecule has 0 spiro atoms. The summed E-state index contributed by atoms with van der Waals surface area (Å²) in [5.74, 6) is 2.29. The van der Waals surface area contributed by atoms with Crippen molar-refractivity contribution in [2.24, 2.45) is 9.98 Å². The Morgan fingerprint density at radius 3 is 2.35 bits per heavy atom. The molecule has 0 amide bonds. The molecule has 8 bridgehead atoms. The first-order valence-corrected chi connectivity index (χ1v) is 7.40. The fourth-order valence-electron chi connectivity index (χ4n) is 2.57. The van der Waals surface area contributed by atoms with Gasteiger partial charge >= 0.3 is 21.1 Å². The van der Waals surface area contributed by atoms with E-state index in [-0.39, 0.29) is 28.5 Å². The second-order valence-corrected chi connectivity index (χ2v) is 5.33. The molecule has 5 rings (SSSR count). The number of rotatable bonds is 0. The third-order valence-corrected chi connectivity index (χ3v) is 3.65. The Hall–Kier alpha value is -2.85. The summed E-state index contributed by atoms with van der Waals surface area (Å²) in [6.07, 6.45) is 3.30. The van der Waals surface area contributed by atoms with E-state index in [0.29, 0.717) is 28.8 Å². The van der Waals surface area contributed by atoms with Crippen molar-refractivity contribution in [3.05, 3.63) is 67.6 Å². The van der Waals surface area contributed by atoms with Gasteiger partial charge in [-0.15, -0.1) is 29.7 Å². The van der Waals surface area contributed by atoms with Crippen LogP contribution in [0.2, 0.25) is 0 Å². The minimum Gasteiger partial charge on any atom is -0.358 e. The standard InChI is InChI=1S/C18H9N6.CH3.Pt/c1-3-11-7-13(5-1)21-15-9-20-18(24-15)12-4-2-6-14(8-12)22-16-10-19-17(11)23-16;;/h1-7,9-10H;1H3;/q2*-1;+2. The zero-order valence-corrected chi connectivity index (χ0v) is 16.0. The molecule has 2 aliphatic heterocycles. The first-order valence-electron chi connectivity index (χ1n) is 7.40. The van der Waals surface area contributed by atoms with Gasteiger partial charge in [-0.05, 0) is 17.6 Å². The molecule has 26 heavy (non-hydrogen) atoms. The van der Waals surface area contributed by atoms with Crippen molar-refractivity contribution < 1.29 is 21.1 Å². The molecule has 1 aromatic heterocycles. The van der Waals surface area contributed by atoms with Crippen LogP contribution in [0.15, 0.2) is 52.4 Å². The summed E-state index contributed by atoms with van der Waals surface area (Å²) < 4.78 is 0. The third-order valence-electron chi connectivity index (χ3n) is 3.65. The third kappa shape index (κ3) is 3.28. The second kappa shape index (κ2) is 7.18. The Morgan fingerprint density at radius 2 is 1.46 bits per heavy atom. The van der Waals surface area contributed by atoms with Crippen LogP contribution in [0.5, 0.6) is 0 Å². The maximum atomic E-state index is 4.53. The van der Waals surface area contributed by atoms with Crippen molar-refractivity contribution in [3.8, 4) is 0 Å². The Balaban J connectivity index is 0.000000980. The van der Waals surface area contributed by atoms with E-state index in [0.717, 1.165) is 16.3 Å². The van der Waals surface area contributed by atoms with E-state index in [1.54, 1.807) is 12.4 Å². The largest absolute Gasteiger partial charge is 2.00 e. The summed E-state index contributed by atoms with van der Waals surface area (Å²) in [7, 11) is 0. The van der Waals surface area contributed by atoms with E-state index in [2.05, 4.69) is 36.0 Å². The van der Waals surface area contributed by atoms with Crippen molar-refractivity contribution in [1.29, 1.82) is 0 Å². The SMILES string of the molecule is [CH3-].[Pt+2].[c-]1c2cccc1c1nc(nc3cccc(c3)c3nc(n2)C=N3)C=N1. The first kappa shape index (κ1) is 18.0. The van der Waals surface area contributed by atoms with Gasteiger partial charge in [0, 0.05) is 5.39 Å². The number of aromatic nitrogens is 4. The molecule has 128 valence electrons. The fraction of sp³-hybridized carbons (Fsp3) is 0. The molecule has 3 heterocycles. The number of aliphatic imine (C=N–C) groups is 2. The Labute approximate surface area is 164 Å². The molecular weight excluding hydrogens is 507 g/mol. The van der Waals surface area contributed by atoms with Crippen LogP contribution in [0.4, 0.5) is 11.6 Å². The zero-order chi connectivity index (χ0) is 15.9. The van der Waals surface area contributed by atoms with Gasteiger partial charge in [0.05, 0.1) is 23.8 Å². The van der Waals surface area contributed by atoms with Crippen LogP contribution in [-0.4, -0.2) is 32.4 Å². The van der Waals surface area contributed by atoms with Crippen LogP contribution < -0.4 is 0 Å². The van der Waals surface area contributed by atoms with Gasteiger partial charge < -0.3 is 7.43 Å². The molecule has 0 saturated heterocycles. The van der Waals surface area contributed by atoms with E-state index < -0.39 is 0 Å². The van der Waals surface area contributed by atoms with Gasteiger partial charge in [-0.1, -0.05) is 12.1 Å². The van der Waals surface area contributed by atoms with E-state index in [4.69, 9.17) is 0 Å². The van der Waals surface area contributed by atoms with Crippen molar-refractivity contribution >= 4 is 45.9 Å². The number of benzene rings is 2.